The van der Waals surface area contributed by atoms with Crippen molar-refractivity contribution in [3.8, 4) is 5.69 Å². The van der Waals surface area contributed by atoms with Gasteiger partial charge in [0.1, 0.15) is 0 Å². The van der Waals surface area contributed by atoms with E-state index >= 15 is 0 Å². The third-order valence-corrected chi connectivity index (χ3v) is 3.74. The molecule has 0 aliphatic heterocycles. The van der Waals surface area contributed by atoms with Crippen molar-refractivity contribution < 1.29 is 4.79 Å². The van der Waals surface area contributed by atoms with Gasteiger partial charge in [0.2, 0.25) is 0 Å². The molecular formula is C18H19N5O. The van der Waals surface area contributed by atoms with Crippen LogP contribution in [0.1, 0.15) is 27.7 Å². The molecule has 122 valence electrons. The van der Waals surface area contributed by atoms with Crippen LogP contribution in [0.15, 0.2) is 61.1 Å². The SMILES string of the molecule is Cc1ccc(C(N)CNC(=O)c2ccn(-c3ccncc3)n2)cc1. The molecule has 0 aliphatic rings. The lowest BCUT2D eigenvalue weighted by atomic mass is 10.1. The van der Waals surface area contributed by atoms with Crippen LogP contribution in [0, 0.1) is 6.92 Å². The number of benzene rings is 1. The van der Waals surface area contributed by atoms with Crippen LogP contribution in [0.4, 0.5) is 0 Å². The van der Waals surface area contributed by atoms with E-state index in [4.69, 9.17) is 5.73 Å². The Morgan fingerprint density at radius 2 is 1.88 bits per heavy atom. The average Bonchev–Trinajstić information content (AvgIpc) is 3.11. The lowest BCUT2D eigenvalue weighted by Crippen LogP contribution is -2.32. The first kappa shape index (κ1) is 15.9. The van der Waals surface area contributed by atoms with Crippen molar-refractivity contribution in [1.82, 2.24) is 20.1 Å². The fourth-order valence-corrected chi connectivity index (χ4v) is 2.31. The first-order chi connectivity index (χ1) is 11.6. The number of nitrogens with zero attached hydrogens (tertiary/aromatic N) is 3. The number of aryl methyl sites for hydroxylation is 1. The quantitative estimate of drug-likeness (QED) is 0.752. The number of hydrogen-bond acceptors (Lipinski definition) is 4. The number of nitrogens with one attached hydrogen (secondary N) is 1. The summed E-state index contributed by atoms with van der Waals surface area (Å²) in [6, 6.07) is 13.0. The van der Waals surface area contributed by atoms with Crippen molar-refractivity contribution in [2.45, 2.75) is 13.0 Å². The molecular weight excluding hydrogens is 302 g/mol. The summed E-state index contributed by atoms with van der Waals surface area (Å²) in [5, 5.41) is 7.10. The summed E-state index contributed by atoms with van der Waals surface area (Å²) in [5.41, 5.74) is 9.48. The van der Waals surface area contributed by atoms with E-state index in [1.165, 1.54) is 5.56 Å². The minimum Gasteiger partial charge on any atom is -0.349 e. The third kappa shape index (κ3) is 3.67. The molecule has 1 amide bonds. The van der Waals surface area contributed by atoms with Gasteiger partial charge in [0.15, 0.2) is 5.69 Å². The van der Waals surface area contributed by atoms with Gasteiger partial charge in [-0.15, -0.1) is 0 Å². The Morgan fingerprint density at radius 3 is 2.58 bits per heavy atom. The molecule has 3 rings (SSSR count). The van der Waals surface area contributed by atoms with Crippen molar-refractivity contribution in [2.24, 2.45) is 5.73 Å². The van der Waals surface area contributed by atoms with Gasteiger partial charge in [-0.1, -0.05) is 29.8 Å². The maximum atomic E-state index is 12.2. The first-order valence-corrected chi connectivity index (χ1v) is 7.70. The highest BCUT2D eigenvalue weighted by Gasteiger charge is 2.12. The van der Waals surface area contributed by atoms with Gasteiger partial charge in [0.05, 0.1) is 5.69 Å². The van der Waals surface area contributed by atoms with Crippen LogP contribution < -0.4 is 11.1 Å². The molecule has 1 unspecified atom stereocenters. The van der Waals surface area contributed by atoms with Crippen LogP contribution in [-0.2, 0) is 0 Å². The average molecular weight is 321 g/mol. The molecule has 6 heteroatoms. The zero-order valence-electron chi connectivity index (χ0n) is 13.4. The van der Waals surface area contributed by atoms with E-state index in [2.05, 4.69) is 15.4 Å². The minimum absolute atomic E-state index is 0.245. The molecule has 6 nitrogen and oxygen atoms in total. The Balaban J connectivity index is 1.61. The maximum absolute atomic E-state index is 12.2. The highest BCUT2D eigenvalue weighted by molar-refractivity contribution is 5.92. The number of amides is 1. The Bertz CT molecular complexity index is 811. The number of rotatable bonds is 5. The van der Waals surface area contributed by atoms with Gasteiger partial charge in [-0.25, -0.2) is 4.68 Å². The van der Waals surface area contributed by atoms with E-state index in [0.717, 1.165) is 11.3 Å². The summed E-state index contributed by atoms with van der Waals surface area (Å²) in [5.74, 6) is -0.245. The van der Waals surface area contributed by atoms with Crippen molar-refractivity contribution >= 4 is 5.91 Å². The Kier molecular flexibility index (Phi) is 4.67. The lowest BCUT2D eigenvalue weighted by Gasteiger charge is -2.13. The van der Waals surface area contributed by atoms with E-state index < -0.39 is 0 Å². The van der Waals surface area contributed by atoms with E-state index in [1.807, 2.05) is 43.3 Å². The van der Waals surface area contributed by atoms with Crippen LogP contribution in [-0.4, -0.2) is 27.2 Å². The van der Waals surface area contributed by atoms with Gasteiger partial charge < -0.3 is 11.1 Å². The number of aromatic nitrogens is 3. The van der Waals surface area contributed by atoms with Crippen LogP contribution in [0.2, 0.25) is 0 Å². The molecule has 24 heavy (non-hydrogen) atoms. The fourth-order valence-electron chi connectivity index (χ4n) is 2.31. The molecule has 1 aromatic carbocycles. The summed E-state index contributed by atoms with van der Waals surface area (Å²) in [7, 11) is 0. The Labute approximate surface area is 140 Å². The predicted octanol–water partition coefficient (Wildman–Crippen LogP) is 2.01. The lowest BCUT2D eigenvalue weighted by molar-refractivity contribution is 0.0946. The molecule has 0 radical (unpaired) electrons. The summed E-state index contributed by atoms with van der Waals surface area (Å²) in [4.78, 5) is 16.2. The molecule has 3 aromatic rings. The second-order valence-electron chi connectivity index (χ2n) is 5.58. The number of pyridine rings is 1. The highest BCUT2D eigenvalue weighted by Crippen LogP contribution is 2.11. The van der Waals surface area contributed by atoms with E-state index in [1.54, 1.807) is 29.3 Å². The van der Waals surface area contributed by atoms with Gasteiger partial charge in [-0.2, -0.15) is 5.10 Å². The minimum atomic E-state index is -0.253. The molecule has 0 spiro atoms. The van der Waals surface area contributed by atoms with Crippen LogP contribution >= 0.6 is 0 Å². The van der Waals surface area contributed by atoms with Gasteiger partial charge in [0.25, 0.3) is 5.91 Å². The molecule has 0 saturated heterocycles. The van der Waals surface area contributed by atoms with E-state index in [0.29, 0.717) is 12.2 Å². The number of nitrogens with two attached hydrogens (primary N) is 1. The second-order valence-corrected chi connectivity index (χ2v) is 5.58. The smallest absolute Gasteiger partial charge is 0.271 e. The maximum Gasteiger partial charge on any atom is 0.271 e. The summed E-state index contributed by atoms with van der Waals surface area (Å²) >= 11 is 0. The van der Waals surface area contributed by atoms with Crippen LogP contribution in [0.3, 0.4) is 0 Å². The summed E-state index contributed by atoms with van der Waals surface area (Å²) in [6.07, 6.45) is 5.10. The van der Waals surface area contributed by atoms with Gasteiger partial charge in [0, 0.05) is 31.2 Å². The largest absolute Gasteiger partial charge is 0.349 e. The van der Waals surface area contributed by atoms with Crippen molar-refractivity contribution in [3.05, 3.63) is 77.9 Å². The standard InChI is InChI=1S/C18H19N5O/c1-13-2-4-14(5-3-13)16(19)12-21-18(24)17-8-11-23(22-17)15-6-9-20-10-7-15/h2-11,16H,12,19H2,1H3,(H,21,24). The zero-order chi connectivity index (χ0) is 16.9. The van der Waals surface area contributed by atoms with Gasteiger partial charge in [-0.05, 0) is 30.7 Å². The normalized spacial score (nSPS) is 11.9. The summed E-state index contributed by atoms with van der Waals surface area (Å²) in [6.45, 7) is 2.38. The first-order valence-electron chi connectivity index (χ1n) is 7.70. The molecule has 0 fully saturated rings. The Hall–Kier alpha value is -2.99. The molecule has 2 heterocycles. The van der Waals surface area contributed by atoms with E-state index in [-0.39, 0.29) is 11.9 Å². The number of carbonyl (C=O) groups excluding carboxylic acids is 1. The van der Waals surface area contributed by atoms with Crippen LogP contribution in [0.25, 0.3) is 5.69 Å². The number of carbonyl (C=O) groups is 1. The molecule has 0 bridgehead atoms. The Morgan fingerprint density at radius 1 is 1.17 bits per heavy atom. The van der Waals surface area contributed by atoms with Crippen molar-refractivity contribution in [2.75, 3.05) is 6.54 Å². The highest BCUT2D eigenvalue weighted by atomic mass is 16.1. The predicted molar refractivity (Wildman–Crippen MR) is 91.8 cm³/mol. The fraction of sp³-hybridized carbons (Fsp3) is 0.167. The van der Waals surface area contributed by atoms with Gasteiger partial charge in [-0.3, -0.25) is 9.78 Å². The monoisotopic (exact) mass is 321 g/mol. The topological polar surface area (TPSA) is 85.8 Å². The van der Waals surface area contributed by atoms with Gasteiger partial charge >= 0.3 is 0 Å². The molecule has 0 saturated carbocycles. The van der Waals surface area contributed by atoms with Crippen molar-refractivity contribution in [1.29, 1.82) is 0 Å². The third-order valence-electron chi connectivity index (χ3n) is 3.74. The molecule has 0 aliphatic carbocycles. The molecule has 2 aromatic heterocycles. The number of hydrogen-bond donors (Lipinski definition) is 2. The second kappa shape index (κ2) is 7.06. The molecule has 3 N–H and O–H groups in total. The summed E-state index contributed by atoms with van der Waals surface area (Å²) < 4.78 is 1.64. The van der Waals surface area contributed by atoms with Crippen molar-refractivity contribution in [3.63, 3.8) is 0 Å². The molecule has 1 atom stereocenters. The zero-order valence-corrected chi connectivity index (χ0v) is 13.4. The van der Waals surface area contributed by atoms with Crippen LogP contribution in [0.5, 0.6) is 0 Å². The van der Waals surface area contributed by atoms with E-state index in [9.17, 15) is 4.79 Å².